The number of carboxylic acids is 1. The molecule has 2 N–H and O–H groups in total. The standard InChI is InChI=1S/C16H19N3O2/c1-10(2)14-6-12(16(20)21)7-15(19-14)18-9-13-8-17-5-4-11(13)3/h4-8,10H,9H2,1-3H3,(H,18,19)(H,20,21). The number of carboxylic acid groups (broad SMARTS) is 1. The summed E-state index contributed by atoms with van der Waals surface area (Å²) in [6, 6.07) is 5.12. The van der Waals surface area contributed by atoms with Crippen molar-refractivity contribution in [1.82, 2.24) is 9.97 Å². The number of carbonyl (C=O) groups is 1. The van der Waals surface area contributed by atoms with E-state index in [-0.39, 0.29) is 11.5 Å². The summed E-state index contributed by atoms with van der Waals surface area (Å²) < 4.78 is 0. The fourth-order valence-electron chi connectivity index (χ4n) is 1.93. The molecule has 0 aromatic carbocycles. The maximum absolute atomic E-state index is 11.2. The van der Waals surface area contributed by atoms with Gasteiger partial charge < -0.3 is 10.4 Å². The van der Waals surface area contributed by atoms with Crippen molar-refractivity contribution in [3.63, 3.8) is 0 Å². The Hall–Kier alpha value is -2.43. The lowest BCUT2D eigenvalue weighted by molar-refractivity contribution is 0.0696. The molecule has 0 fully saturated rings. The largest absolute Gasteiger partial charge is 0.478 e. The van der Waals surface area contributed by atoms with Crippen molar-refractivity contribution in [2.75, 3.05) is 5.32 Å². The molecule has 0 saturated carbocycles. The second-order valence-electron chi connectivity index (χ2n) is 5.28. The number of aromatic carboxylic acids is 1. The first-order chi connectivity index (χ1) is 9.97. The van der Waals surface area contributed by atoms with Gasteiger partial charge in [-0.15, -0.1) is 0 Å². The first-order valence-electron chi connectivity index (χ1n) is 6.86. The van der Waals surface area contributed by atoms with Gasteiger partial charge in [-0.2, -0.15) is 0 Å². The van der Waals surface area contributed by atoms with Crippen LogP contribution in [-0.2, 0) is 6.54 Å². The van der Waals surface area contributed by atoms with Crippen molar-refractivity contribution >= 4 is 11.8 Å². The zero-order chi connectivity index (χ0) is 15.4. The fourth-order valence-corrected chi connectivity index (χ4v) is 1.93. The molecule has 0 radical (unpaired) electrons. The van der Waals surface area contributed by atoms with E-state index >= 15 is 0 Å². The summed E-state index contributed by atoms with van der Waals surface area (Å²) >= 11 is 0. The molecule has 0 amide bonds. The lowest BCUT2D eigenvalue weighted by Crippen LogP contribution is -2.08. The number of nitrogens with zero attached hydrogens (tertiary/aromatic N) is 2. The second-order valence-corrected chi connectivity index (χ2v) is 5.28. The van der Waals surface area contributed by atoms with Crippen molar-refractivity contribution in [1.29, 1.82) is 0 Å². The molecule has 2 rings (SSSR count). The van der Waals surface area contributed by atoms with Crippen LogP contribution >= 0.6 is 0 Å². The van der Waals surface area contributed by atoms with Crippen LogP contribution in [0.15, 0.2) is 30.6 Å². The summed E-state index contributed by atoms with van der Waals surface area (Å²) in [5.74, 6) is -0.202. The molecule has 0 saturated heterocycles. The molecule has 5 nitrogen and oxygen atoms in total. The molecule has 5 heteroatoms. The Morgan fingerprint density at radius 3 is 2.76 bits per heavy atom. The van der Waals surface area contributed by atoms with Crippen LogP contribution in [-0.4, -0.2) is 21.0 Å². The summed E-state index contributed by atoms with van der Waals surface area (Å²) in [5, 5.41) is 12.4. The van der Waals surface area contributed by atoms with Crippen molar-refractivity contribution in [2.45, 2.75) is 33.2 Å². The van der Waals surface area contributed by atoms with Crippen molar-refractivity contribution < 1.29 is 9.90 Å². The lowest BCUT2D eigenvalue weighted by Gasteiger charge is -2.12. The number of pyridine rings is 2. The quantitative estimate of drug-likeness (QED) is 0.882. The highest BCUT2D eigenvalue weighted by Crippen LogP contribution is 2.18. The number of rotatable bonds is 5. The average Bonchev–Trinajstić information content (AvgIpc) is 2.46. The maximum Gasteiger partial charge on any atom is 0.335 e. The van der Waals surface area contributed by atoms with Gasteiger partial charge >= 0.3 is 5.97 Å². The highest BCUT2D eigenvalue weighted by atomic mass is 16.4. The third-order valence-corrected chi connectivity index (χ3v) is 3.29. The lowest BCUT2D eigenvalue weighted by atomic mass is 10.1. The predicted molar refractivity (Wildman–Crippen MR) is 81.6 cm³/mol. The molecule has 0 aliphatic rings. The molecule has 2 heterocycles. The Balaban J connectivity index is 2.23. The Bertz CT molecular complexity index is 654. The Morgan fingerprint density at radius 2 is 2.14 bits per heavy atom. The van der Waals surface area contributed by atoms with E-state index < -0.39 is 5.97 Å². The molecule has 21 heavy (non-hydrogen) atoms. The molecule has 2 aromatic heterocycles. The number of aromatic nitrogens is 2. The van der Waals surface area contributed by atoms with E-state index in [1.165, 1.54) is 0 Å². The van der Waals surface area contributed by atoms with Crippen LogP contribution in [0.3, 0.4) is 0 Å². The van der Waals surface area contributed by atoms with E-state index in [0.717, 1.165) is 16.8 Å². The van der Waals surface area contributed by atoms with Crippen LogP contribution in [0.1, 0.15) is 46.9 Å². The summed E-state index contributed by atoms with van der Waals surface area (Å²) in [5.41, 5.74) is 3.21. The molecule has 0 bridgehead atoms. The Kier molecular flexibility index (Phi) is 4.52. The number of hydrogen-bond acceptors (Lipinski definition) is 4. The van der Waals surface area contributed by atoms with E-state index in [1.807, 2.05) is 26.8 Å². The minimum absolute atomic E-state index is 0.171. The summed E-state index contributed by atoms with van der Waals surface area (Å²) in [6.45, 7) is 6.55. The SMILES string of the molecule is Cc1ccncc1CNc1cc(C(=O)O)cc(C(C)C)n1. The molecule has 0 aliphatic carbocycles. The van der Waals surface area contributed by atoms with Crippen LogP contribution in [0, 0.1) is 6.92 Å². The van der Waals surface area contributed by atoms with Crippen LogP contribution in [0.2, 0.25) is 0 Å². The van der Waals surface area contributed by atoms with E-state index in [0.29, 0.717) is 12.4 Å². The zero-order valence-corrected chi connectivity index (χ0v) is 12.4. The van der Waals surface area contributed by atoms with Gasteiger partial charge in [0.2, 0.25) is 0 Å². The van der Waals surface area contributed by atoms with E-state index in [4.69, 9.17) is 0 Å². The average molecular weight is 285 g/mol. The van der Waals surface area contributed by atoms with E-state index in [1.54, 1.807) is 24.5 Å². The van der Waals surface area contributed by atoms with Crippen molar-refractivity contribution in [3.8, 4) is 0 Å². The van der Waals surface area contributed by atoms with Gasteiger partial charge in [0.15, 0.2) is 0 Å². The monoisotopic (exact) mass is 285 g/mol. The molecule has 2 aromatic rings. The van der Waals surface area contributed by atoms with Gasteiger partial charge in [0.05, 0.1) is 5.56 Å². The maximum atomic E-state index is 11.2. The van der Waals surface area contributed by atoms with Gasteiger partial charge in [-0.3, -0.25) is 4.98 Å². The van der Waals surface area contributed by atoms with Crippen LogP contribution in [0.5, 0.6) is 0 Å². The minimum atomic E-state index is -0.945. The number of hydrogen-bond donors (Lipinski definition) is 2. The summed E-state index contributed by atoms with van der Waals surface area (Å²) in [6.07, 6.45) is 3.55. The van der Waals surface area contributed by atoms with Gasteiger partial charge in [-0.25, -0.2) is 9.78 Å². The van der Waals surface area contributed by atoms with Gasteiger partial charge in [0.25, 0.3) is 0 Å². The Labute approximate surface area is 124 Å². The third kappa shape index (κ3) is 3.78. The van der Waals surface area contributed by atoms with Crippen molar-refractivity contribution in [2.24, 2.45) is 0 Å². The fraction of sp³-hybridized carbons (Fsp3) is 0.312. The van der Waals surface area contributed by atoms with E-state index in [2.05, 4.69) is 15.3 Å². The first kappa shape index (κ1) is 15.0. The van der Waals surface area contributed by atoms with Crippen molar-refractivity contribution in [3.05, 3.63) is 53.0 Å². The predicted octanol–water partition coefficient (Wildman–Crippen LogP) is 3.22. The summed E-state index contributed by atoms with van der Waals surface area (Å²) in [4.78, 5) is 19.8. The highest BCUT2D eigenvalue weighted by Gasteiger charge is 2.11. The van der Waals surface area contributed by atoms with Gasteiger partial charge in [-0.1, -0.05) is 13.8 Å². The van der Waals surface area contributed by atoms with E-state index in [9.17, 15) is 9.90 Å². The first-order valence-corrected chi connectivity index (χ1v) is 6.86. The molecular weight excluding hydrogens is 266 g/mol. The Morgan fingerprint density at radius 1 is 1.38 bits per heavy atom. The zero-order valence-electron chi connectivity index (χ0n) is 12.4. The van der Waals surface area contributed by atoms with Gasteiger partial charge in [0, 0.05) is 24.6 Å². The molecule has 0 atom stereocenters. The molecular formula is C16H19N3O2. The molecule has 0 spiro atoms. The molecule has 0 unspecified atom stereocenters. The molecule has 0 aliphatic heterocycles. The minimum Gasteiger partial charge on any atom is -0.478 e. The third-order valence-electron chi connectivity index (χ3n) is 3.29. The highest BCUT2D eigenvalue weighted by molar-refractivity contribution is 5.88. The summed E-state index contributed by atoms with van der Waals surface area (Å²) in [7, 11) is 0. The van der Waals surface area contributed by atoms with Gasteiger partial charge in [0.1, 0.15) is 5.82 Å². The second kappa shape index (κ2) is 6.35. The van der Waals surface area contributed by atoms with Crippen LogP contribution in [0.25, 0.3) is 0 Å². The van der Waals surface area contributed by atoms with Crippen LogP contribution < -0.4 is 5.32 Å². The topological polar surface area (TPSA) is 75.1 Å². The molecule has 110 valence electrons. The number of anilines is 1. The normalized spacial score (nSPS) is 10.7. The van der Waals surface area contributed by atoms with Crippen LogP contribution in [0.4, 0.5) is 5.82 Å². The smallest absolute Gasteiger partial charge is 0.335 e. The number of nitrogens with one attached hydrogen (secondary N) is 1. The number of aryl methyl sites for hydroxylation is 1. The van der Waals surface area contributed by atoms with Gasteiger partial charge in [-0.05, 0) is 42.2 Å².